The molecule has 0 aliphatic heterocycles. The number of benzene rings is 1. The summed E-state index contributed by atoms with van der Waals surface area (Å²) in [4.78, 5) is 4.54. The summed E-state index contributed by atoms with van der Waals surface area (Å²) in [5.41, 5.74) is 7.15. The van der Waals surface area contributed by atoms with Gasteiger partial charge < -0.3 is 11.1 Å². The summed E-state index contributed by atoms with van der Waals surface area (Å²) in [6.07, 6.45) is 4.59. The van der Waals surface area contributed by atoms with E-state index in [0.29, 0.717) is 18.4 Å². The van der Waals surface area contributed by atoms with Gasteiger partial charge in [-0.1, -0.05) is 38.8 Å². The predicted octanol–water partition coefficient (Wildman–Crippen LogP) is 3.20. The first-order valence-electron chi connectivity index (χ1n) is 7.82. The van der Waals surface area contributed by atoms with Crippen LogP contribution in [0.1, 0.15) is 45.1 Å². The van der Waals surface area contributed by atoms with E-state index in [1.54, 1.807) is 12.1 Å². The minimum Gasteiger partial charge on any atom is -0.370 e. The third-order valence-electron chi connectivity index (χ3n) is 4.26. The van der Waals surface area contributed by atoms with E-state index in [0.717, 1.165) is 19.4 Å². The Bertz CT molecular complexity index is 473. The molecule has 1 saturated carbocycles. The zero-order valence-electron chi connectivity index (χ0n) is 13.0. The molecule has 0 bridgehead atoms. The van der Waals surface area contributed by atoms with Gasteiger partial charge in [0.2, 0.25) is 0 Å². The first-order valence-corrected chi connectivity index (χ1v) is 7.82. The van der Waals surface area contributed by atoms with Crippen LogP contribution in [0.15, 0.2) is 29.3 Å². The molecule has 3 nitrogen and oxygen atoms in total. The first kappa shape index (κ1) is 15.8. The summed E-state index contributed by atoms with van der Waals surface area (Å²) >= 11 is 0. The van der Waals surface area contributed by atoms with Crippen LogP contribution in [-0.4, -0.2) is 19.0 Å². The Morgan fingerprint density at radius 3 is 2.48 bits per heavy atom. The van der Waals surface area contributed by atoms with E-state index in [-0.39, 0.29) is 11.2 Å². The number of guanidine groups is 1. The second kappa shape index (κ2) is 6.92. The van der Waals surface area contributed by atoms with Crippen molar-refractivity contribution in [2.45, 2.75) is 44.9 Å². The molecule has 1 aromatic carbocycles. The van der Waals surface area contributed by atoms with Crippen LogP contribution in [0.25, 0.3) is 0 Å². The maximum absolute atomic E-state index is 13.1. The lowest BCUT2D eigenvalue weighted by Crippen LogP contribution is -2.36. The Balaban J connectivity index is 2.08. The highest BCUT2D eigenvalue weighted by Crippen LogP contribution is 2.41. The fourth-order valence-corrected chi connectivity index (χ4v) is 2.99. The molecule has 0 unspecified atom stereocenters. The third kappa shape index (κ3) is 4.19. The topological polar surface area (TPSA) is 50.4 Å². The van der Waals surface area contributed by atoms with Gasteiger partial charge in [0.1, 0.15) is 5.82 Å². The lowest BCUT2D eigenvalue weighted by atomic mass is 9.79. The average molecular weight is 291 g/mol. The van der Waals surface area contributed by atoms with Crippen molar-refractivity contribution in [1.82, 2.24) is 5.32 Å². The fourth-order valence-electron chi connectivity index (χ4n) is 2.99. The van der Waals surface area contributed by atoms with Gasteiger partial charge in [-0.3, -0.25) is 4.99 Å². The number of aliphatic imine (C=N–C) groups is 1. The minimum atomic E-state index is -0.187. The van der Waals surface area contributed by atoms with Crippen molar-refractivity contribution in [2.75, 3.05) is 13.1 Å². The third-order valence-corrected chi connectivity index (χ3v) is 4.26. The van der Waals surface area contributed by atoms with Crippen molar-refractivity contribution < 1.29 is 4.39 Å². The molecule has 1 aliphatic rings. The highest BCUT2D eigenvalue weighted by Gasteiger charge is 2.35. The van der Waals surface area contributed by atoms with Crippen molar-refractivity contribution in [3.05, 3.63) is 35.6 Å². The van der Waals surface area contributed by atoms with Crippen LogP contribution >= 0.6 is 0 Å². The van der Waals surface area contributed by atoms with Crippen LogP contribution in [0.4, 0.5) is 4.39 Å². The first-order chi connectivity index (χ1) is 10.0. The zero-order valence-corrected chi connectivity index (χ0v) is 13.0. The molecule has 0 aromatic heterocycles. The van der Waals surface area contributed by atoms with Crippen LogP contribution in [-0.2, 0) is 5.41 Å². The second-order valence-corrected chi connectivity index (χ2v) is 6.47. The molecule has 0 radical (unpaired) electrons. The monoisotopic (exact) mass is 291 g/mol. The molecule has 3 N–H and O–H groups in total. The van der Waals surface area contributed by atoms with Gasteiger partial charge in [-0.05, 0) is 36.5 Å². The second-order valence-electron chi connectivity index (χ2n) is 6.47. The van der Waals surface area contributed by atoms with Crippen LogP contribution < -0.4 is 11.1 Å². The highest BCUT2D eigenvalue weighted by molar-refractivity contribution is 5.77. The quantitative estimate of drug-likeness (QED) is 0.646. The molecule has 0 amide bonds. The molecule has 116 valence electrons. The molecule has 0 spiro atoms. The minimum absolute atomic E-state index is 0.0256. The van der Waals surface area contributed by atoms with Gasteiger partial charge in [0.05, 0.1) is 6.54 Å². The molecule has 1 fully saturated rings. The molecular formula is C17H26FN3. The fraction of sp³-hybridized carbons (Fsp3) is 0.588. The van der Waals surface area contributed by atoms with Crippen molar-refractivity contribution in [3.63, 3.8) is 0 Å². The van der Waals surface area contributed by atoms with Crippen molar-refractivity contribution in [3.8, 4) is 0 Å². The molecule has 1 aliphatic carbocycles. The Labute approximate surface area is 126 Å². The van der Waals surface area contributed by atoms with E-state index in [9.17, 15) is 4.39 Å². The molecule has 0 heterocycles. The number of hydrogen-bond donors (Lipinski definition) is 2. The summed E-state index contributed by atoms with van der Waals surface area (Å²) < 4.78 is 13.1. The van der Waals surface area contributed by atoms with E-state index in [4.69, 9.17) is 5.73 Å². The Hall–Kier alpha value is -1.58. The zero-order chi connectivity index (χ0) is 15.3. The van der Waals surface area contributed by atoms with Gasteiger partial charge >= 0.3 is 0 Å². The molecule has 21 heavy (non-hydrogen) atoms. The van der Waals surface area contributed by atoms with Gasteiger partial charge in [0, 0.05) is 12.0 Å². The number of hydrogen-bond acceptors (Lipinski definition) is 1. The normalized spacial score (nSPS) is 18.2. The summed E-state index contributed by atoms with van der Waals surface area (Å²) in [5, 5.41) is 3.15. The van der Waals surface area contributed by atoms with Gasteiger partial charge in [0.15, 0.2) is 5.96 Å². The maximum Gasteiger partial charge on any atom is 0.188 e. The number of nitrogens with two attached hydrogens (primary N) is 1. The Kier molecular flexibility index (Phi) is 5.21. The Morgan fingerprint density at radius 2 is 1.90 bits per heavy atom. The van der Waals surface area contributed by atoms with Crippen molar-refractivity contribution >= 4 is 5.96 Å². The SMILES string of the molecule is CC(C)CNC(N)=NCC1(c2ccc(F)cc2)CCCC1. The van der Waals surface area contributed by atoms with E-state index in [2.05, 4.69) is 24.2 Å². The van der Waals surface area contributed by atoms with Crippen LogP contribution in [0, 0.1) is 11.7 Å². The van der Waals surface area contributed by atoms with E-state index in [1.807, 2.05) is 12.1 Å². The summed E-state index contributed by atoms with van der Waals surface area (Å²) in [6, 6.07) is 6.88. The predicted molar refractivity (Wildman–Crippen MR) is 85.9 cm³/mol. The molecule has 4 heteroatoms. The summed E-state index contributed by atoms with van der Waals surface area (Å²) in [6.45, 7) is 5.78. The molecular weight excluding hydrogens is 265 g/mol. The highest BCUT2D eigenvalue weighted by atomic mass is 19.1. The van der Waals surface area contributed by atoms with Crippen molar-refractivity contribution in [2.24, 2.45) is 16.6 Å². The van der Waals surface area contributed by atoms with E-state index >= 15 is 0 Å². The molecule has 2 rings (SSSR count). The lowest BCUT2D eigenvalue weighted by Gasteiger charge is -2.28. The van der Waals surface area contributed by atoms with Crippen molar-refractivity contribution in [1.29, 1.82) is 0 Å². The van der Waals surface area contributed by atoms with Gasteiger partial charge in [0.25, 0.3) is 0 Å². The van der Waals surface area contributed by atoms with Crippen LogP contribution in [0.2, 0.25) is 0 Å². The van der Waals surface area contributed by atoms with Crippen LogP contribution in [0.3, 0.4) is 0 Å². The van der Waals surface area contributed by atoms with E-state index < -0.39 is 0 Å². The van der Waals surface area contributed by atoms with Gasteiger partial charge in [-0.15, -0.1) is 0 Å². The van der Waals surface area contributed by atoms with Crippen LogP contribution in [0.5, 0.6) is 0 Å². The summed E-state index contributed by atoms with van der Waals surface area (Å²) in [5.74, 6) is 0.863. The van der Waals surface area contributed by atoms with E-state index in [1.165, 1.54) is 18.4 Å². The molecule has 0 atom stereocenters. The molecule has 1 aromatic rings. The average Bonchev–Trinajstić information content (AvgIpc) is 2.93. The number of halogens is 1. The number of nitrogens with one attached hydrogen (secondary N) is 1. The number of nitrogens with zero attached hydrogens (tertiary/aromatic N) is 1. The maximum atomic E-state index is 13.1. The standard InChI is InChI=1S/C17H26FN3/c1-13(2)11-20-16(19)21-12-17(9-3-4-10-17)14-5-7-15(18)8-6-14/h5-8,13H,3-4,9-12H2,1-2H3,(H3,19,20,21). The van der Waals surface area contributed by atoms with Gasteiger partial charge in [-0.25, -0.2) is 4.39 Å². The largest absolute Gasteiger partial charge is 0.370 e. The Morgan fingerprint density at radius 1 is 1.29 bits per heavy atom. The summed E-state index contributed by atoms with van der Waals surface area (Å²) in [7, 11) is 0. The lowest BCUT2D eigenvalue weighted by molar-refractivity contribution is 0.452. The van der Waals surface area contributed by atoms with Gasteiger partial charge in [-0.2, -0.15) is 0 Å². The molecule has 0 saturated heterocycles. The number of rotatable bonds is 5. The smallest absolute Gasteiger partial charge is 0.188 e.